The highest BCUT2D eigenvalue weighted by Gasteiger charge is 2.28. The van der Waals surface area contributed by atoms with Crippen molar-refractivity contribution in [1.29, 1.82) is 0 Å². The molecule has 1 heterocycles. The van der Waals surface area contributed by atoms with E-state index >= 15 is 0 Å². The quantitative estimate of drug-likeness (QED) is 0.580. The van der Waals surface area contributed by atoms with E-state index in [4.69, 9.17) is 0 Å². The Morgan fingerprint density at radius 2 is 1.87 bits per heavy atom. The molecule has 0 bridgehead atoms. The minimum absolute atomic E-state index is 0.135. The van der Waals surface area contributed by atoms with Gasteiger partial charge in [-0.15, -0.1) is 0 Å². The normalized spacial score (nSPS) is 27.9. The lowest BCUT2D eigenvalue weighted by atomic mass is 9.74. The lowest BCUT2D eigenvalue weighted by Crippen LogP contribution is -2.46. The number of nitrogens with zero attached hydrogens (tertiary/aromatic N) is 3. The van der Waals surface area contributed by atoms with E-state index < -0.39 is 0 Å². The van der Waals surface area contributed by atoms with Gasteiger partial charge >= 0.3 is 6.03 Å². The Morgan fingerprint density at radius 1 is 1.17 bits per heavy atom. The molecule has 0 aromatic heterocycles. The van der Waals surface area contributed by atoms with Crippen LogP contribution in [0.5, 0.6) is 0 Å². The molecule has 3 aliphatic rings. The maximum absolute atomic E-state index is 12.6. The summed E-state index contributed by atoms with van der Waals surface area (Å²) in [6.45, 7) is 5.87. The van der Waals surface area contributed by atoms with Crippen molar-refractivity contribution in [3.8, 4) is 0 Å². The second-order valence-electron chi connectivity index (χ2n) is 9.38. The Hall–Kier alpha value is -1.91. The zero-order valence-electron chi connectivity index (χ0n) is 19.1. The van der Waals surface area contributed by atoms with Crippen molar-refractivity contribution in [2.24, 2.45) is 22.7 Å². The molecule has 0 aromatic carbocycles. The van der Waals surface area contributed by atoms with Crippen LogP contribution in [0.3, 0.4) is 0 Å². The first-order chi connectivity index (χ1) is 14.5. The van der Waals surface area contributed by atoms with E-state index in [2.05, 4.69) is 30.1 Å². The van der Waals surface area contributed by atoms with E-state index in [9.17, 15) is 9.59 Å². The number of hydrogen-bond donors (Lipinski definition) is 0. The standard InChI is InChI=1S/C25H39N3O2/c1-4-7-24(29)28-16-14-22(15-17-28)27(3)25(30)26-18-20-10-12-21(13-11-20)23-9-6-5-8-19(23)2/h5-6,9,18-22H,4,7-8,10-17H2,1-3H3/b26-18+. The second kappa shape index (κ2) is 10.9. The molecule has 1 aliphatic heterocycles. The molecular formula is C25H39N3O2. The van der Waals surface area contributed by atoms with Gasteiger partial charge in [0.1, 0.15) is 0 Å². The van der Waals surface area contributed by atoms with Crippen molar-refractivity contribution < 1.29 is 9.59 Å². The summed E-state index contributed by atoms with van der Waals surface area (Å²) in [6.07, 6.45) is 17.7. The minimum Gasteiger partial charge on any atom is -0.343 e. The van der Waals surface area contributed by atoms with E-state index in [1.54, 1.807) is 10.5 Å². The van der Waals surface area contributed by atoms with Gasteiger partial charge in [0.25, 0.3) is 0 Å². The SMILES string of the molecule is CCCC(=O)N1CCC(N(C)C(=O)/N=C/C2CCC(C3=CC=CCC3C)CC2)CC1. The number of urea groups is 1. The van der Waals surface area contributed by atoms with Crippen LogP contribution < -0.4 is 0 Å². The molecule has 30 heavy (non-hydrogen) atoms. The summed E-state index contributed by atoms with van der Waals surface area (Å²) in [6, 6.07) is 0.0491. The molecule has 1 unspecified atom stereocenters. The summed E-state index contributed by atoms with van der Waals surface area (Å²) in [5, 5.41) is 0. The van der Waals surface area contributed by atoms with Crippen LogP contribution in [0.15, 0.2) is 28.8 Å². The average Bonchev–Trinajstić information content (AvgIpc) is 2.78. The largest absolute Gasteiger partial charge is 0.343 e. The number of piperidine rings is 1. The van der Waals surface area contributed by atoms with Gasteiger partial charge in [-0.25, -0.2) is 9.79 Å². The van der Waals surface area contributed by atoms with Gasteiger partial charge in [0, 0.05) is 38.8 Å². The first-order valence-corrected chi connectivity index (χ1v) is 11.9. The first kappa shape index (κ1) is 22.8. The van der Waals surface area contributed by atoms with Crippen molar-refractivity contribution in [3.63, 3.8) is 0 Å². The molecule has 0 spiro atoms. The Balaban J connectivity index is 1.42. The van der Waals surface area contributed by atoms with Crippen LogP contribution in [-0.2, 0) is 4.79 Å². The van der Waals surface area contributed by atoms with Gasteiger partial charge in [0.2, 0.25) is 5.91 Å². The van der Waals surface area contributed by atoms with E-state index in [1.165, 1.54) is 19.3 Å². The van der Waals surface area contributed by atoms with Gasteiger partial charge in [0.05, 0.1) is 0 Å². The molecular weight excluding hydrogens is 374 g/mol. The van der Waals surface area contributed by atoms with Crippen LogP contribution in [0.25, 0.3) is 0 Å². The van der Waals surface area contributed by atoms with Crippen LogP contribution in [0.1, 0.15) is 71.6 Å². The molecule has 1 saturated carbocycles. The van der Waals surface area contributed by atoms with Crippen molar-refractivity contribution >= 4 is 18.2 Å². The number of aliphatic imine (C=N–C) groups is 1. The molecule has 3 rings (SSSR count). The average molecular weight is 414 g/mol. The van der Waals surface area contributed by atoms with Crippen LogP contribution >= 0.6 is 0 Å². The molecule has 5 nitrogen and oxygen atoms in total. The van der Waals surface area contributed by atoms with Gasteiger partial charge in [0.15, 0.2) is 0 Å². The van der Waals surface area contributed by atoms with E-state index in [0.29, 0.717) is 24.2 Å². The number of hydrogen-bond acceptors (Lipinski definition) is 2. The number of allylic oxidation sites excluding steroid dienone is 4. The summed E-state index contributed by atoms with van der Waals surface area (Å²) in [4.78, 5) is 32.7. The molecule has 1 atom stereocenters. The topological polar surface area (TPSA) is 53.0 Å². The van der Waals surface area contributed by atoms with Crippen LogP contribution in [0.2, 0.25) is 0 Å². The number of amides is 3. The Bertz CT molecular complexity index is 681. The Labute approximate surface area is 182 Å². The lowest BCUT2D eigenvalue weighted by Gasteiger charge is -2.36. The maximum atomic E-state index is 12.6. The monoisotopic (exact) mass is 413 g/mol. The molecule has 0 radical (unpaired) electrons. The predicted octanol–water partition coefficient (Wildman–Crippen LogP) is 5.23. The Morgan fingerprint density at radius 3 is 2.50 bits per heavy atom. The van der Waals surface area contributed by atoms with Crippen molar-refractivity contribution in [2.75, 3.05) is 20.1 Å². The summed E-state index contributed by atoms with van der Waals surface area (Å²) < 4.78 is 0. The highest BCUT2D eigenvalue weighted by atomic mass is 16.2. The van der Waals surface area contributed by atoms with Gasteiger partial charge in [-0.2, -0.15) is 0 Å². The fourth-order valence-corrected chi connectivity index (χ4v) is 5.19. The minimum atomic E-state index is -0.135. The third-order valence-electron chi connectivity index (χ3n) is 7.25. The molecule has 0 aromatic rings. The molecule has 5 heteroatoms. The molecule has 3 amide bonds. The van der Waals surface area contributed by atoms with Crippen molar-refractivity contribution in [3.05, 3.63) is 23.8 Å². The van der Waals surface area contributed by atoms with Gasteiger partial charge in [-0.1, -0.05) is 37.6 Å². The highest BCUT2D eigenvalue weighted by molar-refractivity contribution is 5.84. The smallest absolute Gasteiger partial charge is 0.343 e. The number of rotatable bonds is 5. The number of carbonyl (C=O) groups excluding carboxylic acids is 2. The van der Waals surface area contributed by atoms with Crippen LogP contribution in [-0.4, -0.2) is 54.1 Å². The first-order valence-electron chi connectivity index (χ1n) is 11.9. The fourth-order valence-electron chi connectivity index (χ4n) is 5.19. The summed E-state index contributed by atoms with van der Waals surface area (Å²) in [5.41, 5.74) is 1.62. The van der Waals surface area contributed by atoms with E-state index in [-0.39, 0.29) is 18.0 Å². The van der Waals surface area contributed by atoms with Gasteiger partial charge < -0.3 is 9.80 Å². The molecule has 2 aliphatic carbocycles. The van der Waals surface area contributed by atoms with E-state index in [1.807, 2.05) is 25.1 Å². The van der Waals surface area contributed by atoms with Crippen LogP contribution in [0, 0.1) is 17.8 Å². The fraction of sp³-hybridized carbons (Fsp3) is 0.720. The van der Waals surface area contributed by atoms with Crippen molar-refractivity contribution in [1.82, 2.24) is 9.80 Å². The lowest BCUT2D eigenvalue weighted by molar-refractivity contribution is -0.132. The van der Waals surface area contributed by atoms with E-state index in [0.717, 1.165) is 45.2 Å². The molecule has 2 fully saturated rings. The van der Waals surface area contributed by atoms with Gasteiger partial charge in [-0.3, -0.25) is 4.79 Å². The summed E-state index contributed by atoms with van der Waals surface area (Å²) >= 11 is 0. The Kier molecular flexibility index (Phi) is 8.29. The number of carbonyl (C=O) groups is 2. The predicted molar refractivity (Wildman–Crippen MR) is 123 cm³/mol. The molecule has 166 valence electrons. The molecule has 1 saturated heterocycles. The molecule has 0 N–H and O–H groups in total. The third kappa shape index (κ3) is 5.83. The number of likely N-dealkylation sites (tertiary alicyclic amines) is 1. The summed E-state index contributed by atoms with van der Waals surface area (Å²) in [7, 11) is 1.86. The zero-order valence-corrected chi connectivity index (χ0v) is 19.1. The highest BCUT2D eigenvalue weighted by Crippen LogP contribution is 2.37. The second-order valence-corrected chi connectivity index (χ2v) is 9.38. The van der Waals surface area contributed by atoms with Crippen molar-refractivity contribution in [2.45, 2.75) is 77.7 Å². The zero-order chi connectivity index (χ0) is 21.5. The summed E-state index contributed by atoms with van der Waals surface area (Å²) in [5.74, 6) is 2.04. The third-order valence-corrected chi connectivity index (χ3v) is 7.25. The maximum Gasteiger partial charge on any atom is 0.343 e. The van der Waals surface area contributed by atoms with Crippen LogP contribution in [0.4, 0.5) is 4.79 Å². The van der Waals surface area contributed by atoms with Gasteiger partial charge in [-0.05, 0) is 69.1 Å².